The molecule has 0 saturated carbocycles. The second-order valence-corrected chi connectivity index (χ2v) is 4.11. The van der Waals surface area contributed by atoms with Gasteiger partial charge in [-0.3, -0.25) is 9.89 Å². The number of hydrogen-bond acceptors (Lipinski definition) is 3. The maximum absolute atomic E-state index is 12.1. The number of amides is 1. The maximum Gasteiger partial charge on any atom is 0.257 e. The van der Waals surface area contributed by atoms with Gasteiger partial charge in [0.1, 0.15) is 0 Å². The fourth-order valence-electron chi connectivity index (χ4n) is 2.00. The average molecular weight is 208 g/mol. The number of nitrogens with two attached hydrogens (primary N) is 1. The van der Waals surface area contributed by atoms with Crippen LogP contribution in [0.15, 0.2) is 0 Å². The Balaban J connectivity index is 2.21. The first-order chi connectivity index (χ1) is 7.09. The van der Waals surface area contributed by atoms with Crippen molar-refractivity contribution in [2.75, 3.05) is 13.1 Å². The van der Waals surface area contributed by atoms with E-state index in [9.17, 15) is 4.79 Å². The van der Waals surface area contributed by atoms with E-state index in [0.29, 0.717) is 12.1 Å². The van der Waals surface area contributed by atoms with Crippen LogP contribution in [0, 0.1) is 13.8 Å². The van der Waals surface area contributed by atoms with Crippen LogP contribution >= 0.6 is 0 Å². The van der Waals surface area contributed by atoms with Gasteiger partial charge in [-0.15, -0.1) is 0 Å². The molecule has 1 aliphatic rings. The summed E-state index contributed by atoms with van der Waals surface area (Å²) in [5.74, 6) is 0.0479. The number of carbonyl (C=O) groups is 1. The number of aromatic amines is 1. The van der Waals surface area contributed by atoms with Gasteiger partial charge in [-0.05, 0) is 20.3 Å². The van der Waals surface area contributed by atoms with Crippen molar-refractivity contribution in [1.29, 1.82) is 0 Å². The minimum absolute atomic E-state index is 0.0479. The second-order valence-electron chi connectivity index (χ2n) is 4.11. The summed E-state index contributed by atoms with van der Waals surface area (Å²) in [5.41, 5.74) is 8.07. The molecule has 15 heavy (non-hydrogen) atoms. The second kappa shape index (κ2) is 3.66. The third-order valence-corrected chi connectivity index (χ3v) is 2.85. The molecule has 1 saturated heterocycles. The van der Waals surface area contributed by atoms with Gasteiger partial charge in [-0.25, -0.2) is 0 Å². The summed E-state index contributed by atoms with van der Waals surface area (Å²) in [4.78, 5) is 13.9. The molecule has 1 aliphatic heterocycles. The Bertz CT molecular complexity index is 365. The predicted molar refractivity (Wildman–Crippen MR) is 56.6 cm³/mol. The van der Waals surface area contributed by atoms with Crippen LogP contribution in [0.1, 0.15) is 28.2 Å². The van der Waals surface area contributed by atoms with Crippen molar-refractivity contribution >= 4 is 5.91 Å². The van der Waals surface area contributed by atoms with Crippen LogP contribution < -0.4 is 5.73 Å². The summed E-state index contributed by atoms with van der Waals surface area (Å²) in [6.45, 7) is 5.11. The van der Waals surface area contributed by atoms with Gasteiger partial charge in [0.25, 0.3) is 5.91 Å². The number of aromatic nitrogens is 2. The lowest BCUT2D eigenvalue weighted by molar-refractivity contribution is 0.0789. The van der Waals surface area contributed by atoms with Gasteiger partial charge in [0.15, 0.2) is 0 Å². The fraction of sp³-hybridized carbons (Fsp3) is 0.600. The van der Waals surface area contributed by atoms with Crippen molar-refractivity contribution < 1.29 is 4.79 Å². The Hall–Kier alpha value is -1.36. The van der Waals surface area contributed by atoms with Crippen LogP contribution in [0.5, 0.6) is 0 Å². The topological polar surface area (TPSA) is 75.0 Å². The molecule has 1 amide bonds. The zero-order chi connectivity index (χ0) is 11.0. The molecule has 3 N–H and O–H groups in total. The smallest absolute Gasteiger partial charge is 0.257 e. The maximum atomic E-state index is 12.1. The molecular formula is C10H16N4O. The van der Waals surface area contributed by atoms with Crippen LogP contribution in [-0.4, -0.2) is 40.1 Å². The standard InChI is InChI=1S/C10H16N4O/c1-6-9(7(2)13-12-6)10(15)14-4-3-8(11)5-14/h8H,3-5,11H2,1-2H3,(H,12,13). The SMILES string of the molecule is Cc1n[nH]c(C)c1C(=O)N1CCC(N)C1. The highest BCUT2D eigenvalue weighted by Crippen LogP contribution is 2.16. The number of likely N-dealkylation sites (tertiary alicyclic amines) is 1. The Kier molecular flexibility index (Phi) is 2.48. The lowest BCUT2D eigenvalue weighted by Gasteiger charge is -2.15. The molecule has 1 atom stereocenters. The quantitative estimate of drug-likeness (QED) is 0.692. The number of carbonyl (C=O) groups excluding carboxylic acids is 1. The summed E-state index contributed by atoms with van der Waals surface area (Å²) >= 11 is 0. The van der Waals surface area contributed by atoms with E-state index in [-0.39, 0.29) is 11.9 Å². The van der Waals surface area contributed by atoms with E-state index < -0.39 is 0 Å². The first-order valence-electron chi connectivity index (χ1n) is 5.16. The zero-order valence-corrected chi connectivity index (χ0v) is 9.08. The average Bonchev–Trinajstić information content (AvgIpc) is 2.73. The Morgan fingerprint density at radius 2 is 2.33 bits per heavy atom. The van der Waals surface area contributed by atoms with E-state index in [1.165, 1.54) is 0 Å². The summed E-state index contributed by atoms with van der Waals surface area (Å²) < 4.78 is 0. The molecule has 0 aromatic carbocycles. The lowest BCUT2D eigenvalue weighted by Crippen LogP contribution is -2.32. The van der Waals surface area contributed by atoms with E-state index in [4.69, 9.17) is 5.73 Å². The van der Waals surface area contributed by atoms with Crippen LogP contribution in [0.3, 0.4) is 0 Å². The van der Waals surface area contributed by atoms with Crippen LogP contribution in [-0.2, 0) is 0 Å². The number of nitrogens with zero attached hydrogens (tertiary/aromatic N) is 2. The molecule has 1 aromatic rings. The van der Waals surface area contributed by atoms with Gasteiger partial charge < -0.3 is 10.6 Å². The van der Waals surface area contributed by atoms with Crippen molar-refractivity contribution in [2.24, 2.45) is 5.73 Å². The Morgan fingerprint density at radius 1 is 1.60 bits per heavy atom. The zero-order valence-electron chi connectivity index (χ0n) is 9.08. The summed E-state index contributed by atoms with van der Waals surface area (Å²) in [5, 5.41) is 6.85. The van der Waals surface area contributed by atoms with E-state index in [2.05, 4.69) is 10.2 Å². The first kappa shape index (κ1) is 10.2. The highest BCUT2D eigenvalue weighted by molar-refractivity contribution is 5.96. The molecule has 1 aromatic heterocycles. The summed E-state index contributed by atoms with van der Waals surface area (Å²) in [6, 6.07) is 0.126. The molecule has 2 heterocycles. The van der Waals surface area contributed by atoms with Crippen LogP contribution in [0.4, 0.5) is 0 Å². The molecule has 2 rings (SSSR count). The molecule has 1 fully saturated rings. The predicted octanol–water partition coefficient (Wildman–Crippen LogP) is 0.200. The number of rotatable bonds is 1. The number of nitrogens with one attached hydrogen (secondary N) is 1. The Labute approximate surface area is 88.6 Å². The van der Waals surface area contributed by atoms with Gasteiger partial charge in [0, 0.05) is 24.8 Å². The molecule has 5 nitrogen and oxygen atoms in total. The normalized spacial score (nSPS) is 21.0. The highest BCUT2D eigenvalue weighted by atomic mass is 16.2. The third-order valence-electron chi connectivity index (χ3n) is 2.85. The third kappa shape index (κ3) is 1.74. The van der Waals surface area contributed by atoms with Gasteiger partial charge in [0.2, 0.25) is 0 Å². The highest BCUT2D eigenvalue weighted by Gasteiger charge is 2.27. The van der Waals surface area contributed by atoms with E-state index in [0.717, 1.165) is 24.4 Å². The monoisotopic (exact) mass is 208 g/mol. The molecule has 0 spiro atoms. The van der Waals surface area contributed by atoms with E-state index in [1.54, 1.807) is 4.90 Å². The lowest BCUT2D eigenvalue weighted by atomic mass is 10.2. The van der Waals surface area contributed by atoms with Crippen molar-refractivity contribution in [3.8, 4) is 0 Å². The van der Waals surface area contributed by atoms with E-state index in [1.807, 2.05) is 13.8 Å². The van der Waals surface area contributed by atoms with Crippen molar-refractivity contribution in [3.05, 3.63) is 17.0 Å². The molecular weight excluding hydrogens is 192 g/mol. The van der Waals surface area contributed by atoms with Gasteiger partial charge in [-0.2, -0.15) is 5.10 Å². The van der Waals surface area contributed by atoms with Gasteiger partial charge >= 0.3 is 0 Å². The molecule has 1 unspecified atom stereocenters. The van der Waals surface area contributed by atoms with Crippen molar-refractivity contribution in [1.82, 2.24) is 15.1 Å². The van der Waals surface area contributed by atoms with Crippen molar-refractivity contribution in [2.45, 2.75) is 26.3 Å². The van der Waals surface area contributed by atoms with Crippen LogP contribution in [0.25, 0.3) is 0 Å². The summed E-state index contributed by atoms with van der Waals surface area (Å²) in [7, 11) is 0. The molecule has 82 valence electrons. The molecule has 0 aliphatic carbocycles. The van der Waals surface area contributed by atoms with Crippen LogP contribution in [0.2, 0.25) is 0 Å². The number of aryl methyl sites for hydroxylation is 2. The molecule has 5 heteroatoms. The molecule has 0 bridgehead atoms. The first-order valence-corrected chi connectivity index (χ1v) is 5.16. The largest absolute Gasteiger partial charge is 0.337 e. The Morgan fingerprint density at radius 3 is 2.80 bits per heavy atom. The minimum atomic E-state index is 0.0479. The number of H-pyrrole nitrogens is 1. The van der Waals surface area contributed by atoms with E-state index >= 15 is 0 Å². The van der Waals surface area contributed by atoms with Gasteiger partial charge in [-0.1, -0.05) is 0 Å². The van der Waals surface area contributed by atoms with Crippen molar-refractivity contribution in [3.63, 3.8) is 0 Å². The van der Waals surface area contributed by atoms with Gasteiger partial charge in [0.05, 0.1) is 11.3 Å². The molecule has 0 radical (unpaired) electrons. The number of hydrogen-bond donors (Lipinski definition) is 2. The fourth-order valence-corrected chi connectivity index (χ4v) is 2.00. The summed E-state index contributed by atoms with van der Waals surface area (Å²) in [6.07, 6.45) is 0.891. The minimum Gasteiger partial charge on any atom is -0.337 e.